The van der Waals surface area contributed by atoms with E-state index < -0.39 is 0 Å². The highest BCUT2D eigenvalue weighted by molar-refractivity contribution is 6.62. The zero-order valence-corrected chi connectivity index (χ0v) is 14.8. The molecule has 1 N–H and O–H groups in total. The van der Waals surface area contributed by atoms with E-state index in [1.165, 1.54) is 0 Å². The molecule has 2 aliphatic rings. The summed E-state index contributed by atoms with van der Waals surface area (Å²) in [5.74, 6) is 0.918. The molecule has 2 fully saturated rings. The lowest BCUT2D eigenvalue weighted by Gasteiger charge is -2.32. The molecule has 23 heavy (non-hydrogen) atoms. The molecule has 3 rings (SSSR count). The van der Waals surface area contributed by atoms with E-state index in [-0.39, 0.29) is 24.4 Å². The quantitative estimate of drug-likeness (QED) is 0.841. The minimum Gasteiger partial charge on any atom is -0.399 e. The Morgan fingerprint density at radius 1 is 1.26 bits per heavy atom. The zero-order valence-electron chi connectivity index (χ0n) is 14.8. The number of aliphatic hydroxyl groups is 1. The van der Waals surface area contributed by atoms with Crippen LogP contribution in [-0.4, -0.2) is 47.6 Å². The lowest BCUT2D eigenvalue weighted by Crippen LogP contribution is -2.41. The van der Waals surface area contributed by atoms with Crippen molar-refractivity contribution in [2.75, 3.05) is 18.0 Å². The van der Waals surface area contributed by atoms with Gasteiger partial charge in [0.15, 0.2) is 0 Å². The van der Waals surface area contributed by atoms with E-state index in [0.29, 0.717) is 6.54 Å². The van der Waals surface area contributed by atoms with Crippen LogP contribution in [-0.2, 0) is 9.31 Å². The molecule has 5 nitrogen and oxygen atoms in total. The van der Waals surface area contributed by atoms with Gasteiger partial charge < -0.3 is 19.3 Å². The Morgan fingerprint density at radius 3 is 2.48 bits per heavy atom. The van der Waals surface area contributed by atoms with E-state index in [1.807, 2.05) is 6.20 Å². The number of aromatic nitrogens is 1. The lowest BCUT2D eigenvalue weighted by atomic mass is 9.77. The third kappa shape index (κ3) is 3.12. The van der Waals surface area contributed by atoms with Crippen molar-refractivity contribution >= 4 is 18.4 Å². The van der Waals surface area contributed by atoms with Crippen LogP contribution in [0.1, 0.15) is 46.1 Å². The maximum absolute atomic E-state index is 9.84. The summed E-state index contributed by atoms with van der Waals surface area (Å²) in [6.45, 7) is 11.9. The van der Waals surface area contributed by atoms with Gasteiger partial charge in [0.25, 0.3) is 0 Å². The summed E-state index contributed by atoms with van der Waals surface area (Å²) in [6.07, 6.45) is 3.48. The monoisotopic (exact) mass is 318 g/mol. The Kier molecular flexibility index (Phi) is 4.19. The molecule has 1 aromatic rings. The number of β-amino-alcohol motifs (C(OH)–C–C–N with tert-alkyl or cyclic N) is 1. The molecule has 2 saturated heterocycles. The highest BCUT2D eigenvalue weighted by Crippen LogP contribution is 2.36. The summed E-state index contributed by atoms with van der Waals surface area (Å²) < 4.78 is 12.2. The average Bonchev–Trinajstić information content (AvgIpc) is 2.67. The summed E-state index contributed by atoms with van der Waals surface area (Å²) in [6, 6.07) is 2.07. The molecule has 1 atom stereocenters. The zero-order chi connectivity index (χ0) is 16.8. The summed E-state index contributed by atoms with van der Waals surface area (Å²) in [5.41, 5.74) is 1.39. The van der Waals surface area contributed by atoms with Gasteiger partial charge in [0.1, 0.15) is 5.82 Å². The van der Waals surface area contributed by atoms with Crippen LogP contribution in [0.3, 0.4) is 0 Å². The third-order valence-corrected chi connectivity index (χ3v) is 5.36. The number of piperidine rings is 1. The van der Waals surface area contributed by atoms with Gasteiger partial charge in [-0.05, 0) is 59.1 Å². The second-order valence-electron chi connectivity index (χ2n) is 7.73. The van der Waals surface area contributed by atoms with Gasteiger partial charge >= 0.3 is 7.12 Å². The van der Waals surface area contributed by atoms with E-state index in [1.54, 1.807) is 0 Å². The molecule has 0 amide bonds. The number of aliphatic hydroxyl groups excluding tert-OH is 1. The molecule has 2 aliphatic heterocycles. The summed E-state index contributed by atoms with van der Waals surface area (Å²) >= 11 is 0. The first-order valence-corrected chi connectivity index (χ1v) is 8.45. The van der Waals surface area contributed by atoms with Crippen molar-refractivity contribution < 1.29 is 14.4 Å². The van der Waals surface area contributed by atoms with Crippen LogP contribution in [0.15, 0.2) is 12.3 Å². The van der Waals surface area contributed by atoms with Crippen molar-refractivity contribution in [3.05, 3.63) is 17.8 Å². The van der Waals surface area contributed by atoms with E-state index in [2.05, 4.69) is 50.6 Å². The first-order valence-electron chi connectivity index (χ1n) is 8.45. The fraction of sp³-hybridized carbons (Fsp3) is 0.706. The van der Waals surface area contributed by atoms with E-state index in [4.69, 9.17) is 9.31 Å². The number of aryl methyl sites for hydroxylation is 1. The number of nitrogens with zero attached hydrogens (tertiary/aromatic N) is 2. The minimum atomic E-state index is -0.381. The van der Waals surface area contributed by atoms with E-state index in [9.17, 15) is 5.11 Å². The van der Waals surface area contributed by atoms with Crippen molar-refractivity contribution in [3.63, 3.8) is 0 Å². The first-order chi connectivity index (χ1) is 10.7. The topological polar surface area (TPSA) is 54.8 Å². The van der Waals surface area contributed by atoms with Crippen molar-refractivity contribution in [1.29, 1.82) is 0 Å². The molecule has 0 aliphatic carbocycles. The molecule has 3 heterocycles. The molecule has 0 radical (unpaired) electrons. The predicted octanol–water partition coefficient (Wildman–Crippen LogP) is 1.65. The van der Waals surface area contributed by atoms with Crippen LogP contribution in [0.25, 0.3) is 0 Å². The van der Waals surface area contributed by atoms with Gasteiger partial charge in [0.2, 0.25) is 0 Å². The van der Waals surface area contributed by atoms with Gasteiger partial charge in [-0.15, -0.1) is 0 Å². The fourth-order valence-corrected chi connectivity index (χ4v) is 3.10. The Bertz CT molecular complexity index is 575. The van der Waals surface area contributed by atoms with Gasteiger partial charge in [-0.1, -0.05) is 0 Å². The van der Waals surface area contributed by atoms with Gasteiger partial charge in [0, 0.05) is 24.7 Å². The van der Waals surface area contributed by atoms with Crippen LogP contribution < -0.4 is 10.4 Å². The molecule has 126 valence electrons. The van der Waals surface area contributed by atoms with Crippen LogP contribution in [0.5, 0.6) is 0 Å². The number of rotatable bonds is 2. The Labute approximate surface area is 139 Å². The highest BCUT2D eigenvalue weighted by Gasteiger charge is 2.52. The van der Waals surface area contributed by atoms with Crippen molar-refractivity contribution in [2.45, 2.75) is 64.8 Å². The maximum atomic E-state index is 9.84. The Balaban J connectivity index is 1.81. The summed E-state index contributed by atoms with van der Waals surface area (Å²) in [5, 5.41) is 9.84. The fourth-order valence-electron chi connectivity index (χ4n) is 3.10. The smallest absolute Gasteiger partial charge is 0.399 e. The number of hydrogen-bond donors (Lipinski definition) is 1. The summed E-state index contributed by atoms with van der Waals surface area (Å²) in [7, 11) is -0.381. The number of hydrogen-bond acceptors (Lipinski definition) is 5. The molecule has 6 heteroatoms. The molecule has 0 spiro atoms. The largest absolute Gasteiger partial charge is 0.496 e. The highest BCUT2D eigenvalue weighted by atomic mass is 16.7. The van der Waals surface area contributed by atoms with Crippen molar-refractivity contribution in [1.82, 2.24) is 4.98 Å². The molecule has 0 saturated carbocycles. The standard InChI is InChI=1S/C17H27BN2O3/c1-12-9-15(20-8-6-7-13(21)11-20)19-10-14(12)18-22-16(2,3)17(4,5)23-18/h9-10,13,21H,6-8,11H2,1-5H3. The van der Waals surface area contributed by atoms with Gasteiger partial charge in [-0.2, -0.15) is 0 Å². The van der Waals surface area contributed by atoms with Crippen LogP contribution in [0.2, 0.25) is 0 Å². The van der Waals surface area contributed by atoms with Gasteiger partial charge in [-0.25, -0.2) is 4.98 Å². The third-order valence-electron chi connectivity index (χ3n) is 5.36. The van der Waals surface area contributed by atoms with Gasteiger partial charge in [0.05, 0.1) is 17.3 Å². The van der Waals surface area contributed by atoms with E-state index >= 15 is 0 Å². The normalized spacial score (nSPS) is 26.6. The van der Waals surface area contributed by atoms with Crippen molar-refractivity contribution in [3.8, 4) is 0 Å². The first kappa shape index (κ1) is 16.7. The molecule has 0 aromatic carbocycles. The van der Waals surface area contributed by atoms with Gasteiger partial charge in [-0.3, -0.25) is 0 Å². The molecular weight excluding hydrogens is 291 g/mol. The maximum Gasteiger partial charge on any atom is 0.496 e. The molecule has 1 aromatic heterocycles. The van der Waals surface area contributed by atoms with E-state index in [0.717, 1.165) is 36.2 Å². The molecular formula is C17H27BN2O3. The second-order valence-corrected chi connectivity index (χ2v) is 7.73. The predicted molar refractivity (Wildman–Crippen MR) is 92.1 cm³/mol. The van der Waals surface area contributed by atoms with Crippen LogP contribution in [0, 0.1) is 6.92 Å². The Hall–Kier alpha value is -1.11. The second kappa shape index (κ2) is 5.76. The number of pyridine rings is 1. The lowest BCUT2D eigenvalue weighted by molar-refractivity contribution is 0.00578. The SMILES string of the molecule is Cc1cc(N2CCCC(O)C2)ncc1B1OC(C)(C)C(C)(C)O1. The van der Waals surface area contributed by atoms with Crippen LogP contribution in [0.4, 0.5) is 5.82 Å². The van der Waals surface area contributed by atoms with Crippen LogP contribution >= 0.6 is 0 Å². The molecule has 0 bridgehead atoms. The average molecular weight is 318 g/mol. The van der Waals surface area contributed by atoms with Crippen molar-refractivity contribution in [2.24, 2.45) is 0 Å². The molecule has 1 unspecified atom stereocenters. The Morgan fingerprint density at radius 2 is 1.91 bits per heavy atom. The minimum absolute atomic E-state index is 0.256. The summed E-state index contributed by atoms with van der Waals surface area (Å²) in [4.78, 5) is 6.74. The number of anilines is 1.